The molecule has 0 atom stereocenters. The largest absolute Gasteiger partial charge is 0.493 e. The van der Waals surface area contributed by atoms with E-state index in [9.17, 15) is 0 Å². The first-order chi connectivity index (χ1) is 17.9. The quantitative estimate of drug-likeness (QED) is 0.274. The molecule has 0 bridgehead atoms. The van der Waals surface area contributed by atoms with Gasteiger partial charge in [0.2, 0.25) is 0 Å². The summed E-state index contributed by atoms with van der Waals surface area (Å²) in [5, 5.41) is 8.75. The molecule has 6 aromatic rings. The lowest BCUT2D eigenvalue weighted by molar-refractivity contribution is 0.354. The van der Waals surface area contributed by atoms with Crippen LogP contribution in [0.2, 0.25) is 0 Å². The normalized spacial score (nSPS) is 11.7. The summed E-state index contributed by atoms with van der Waals surface area (Å²) < 4.78 is 15.4. The molecule has 0 aliphatic rings. The summed E-state index contributed by atoms with van der Waals surface area (Å²) in [4.78, 5) is 3.54. The molecule has 0 unspecified atom stereocenters. The van der Waals surface area contributed by atoms with Gasteiger partial charge in [0.15, 0.2) is 11.5 Å². The van der Waals surface area contributed by atoms with E-state index in [4.69, 9.17) is 14.6 Å². The number of benzene rings is 2. The second-order valence-electron chi connectivity index (χ2n) is 9.83. The van der Waals surface area contributed by atoms with Gasteiger partial charge in [-0.1, -0.05) is 24.3 Å². The number of nitrogens with zero attached hydrogens (tertiary/aromatic N) is 3. The molecule has 1 N–H and O–H groups in total. The standard InChI is InChI=1S/C31H32N4O2/c1-18-30(24-9-7-8-10-25(24)32-18)23-16-26-31-21(4)34(20(3)29(31)19(2)33-35(26)17-23)14-13-22-11-12-27(36-5)28(15-22)37-6/h7-12,15-17,32H,13-14H2,1-6H3. The zero-order valence-electron chi connectivity index (χ0n) is 22.3. The number of hydrogen-bond donors (Lipinski definition) is 1. The average molecular weight is 493 g/mol. The number of H-pyrrole nitrogens is 1. The van der Waals surface area contributed by atoms with Crippen molar-refractivity contribution in [3.63, 3.8) is 0 Å². The molecule has 0 aliphatic carbocycles. The molecule has 0 amide bonds. The fourth-order valence-electron chi connectivity index (χ4n) is 5.97. The zero-order chi connectivity index (χ0) is 25.8. The average Bonchev–Trinajstić information content (AvgIpc) is 3.53. The Morgan fingerprint density at radius 3 is 2.41 bits per heavy atom. The Hall–Kier alpha value is -4.19. The first-order valence-electron chi connectivity index (χ1n) is 12.7. The van der Waals surface area contributed by atoms with E-state index in [1.165, 1.54) is 49.9 Å². The third-order valence-corrected chi connectivity index (χ3v) is 7.71. The highest BCUT2D eigenvalue weighted by atomic mass is 16.5. The van der Waals surface area contributed by atoms with Crippen molar-refractivity contribution in [3.05, 3.63) is 83.1 Å². The summed E-state index contributed by atoms with van der Waals surface area (Å²) in [7, 11) is 3.35. The summed E-state index contributed by atoms with van der Waals surface area (Å²) in [5.74, 6) is 1.52. The number of aromatic amines is 1. The topological polar surface area (TPSA) is 56.5 Å². The fraction of sp³-hybridized carbons (Fsp3) is 0.258. The Morgan fingerprint density at radius 1 is 0.865 bits per heavy atom. The zero-order valence-corrected chi connectivity index (χ0v) is 22.3. The number of aromatic nitrogens is 4. The highest BCUT2D eigenvalue weighted by Gasteiger charge is 2.20. The number of rotatable bonds is 6. The van der Waals surface area contributed by atoms with Gasteiger partial charge in [-0.3, -0.25) is 0 Å². The van der Waals surface area contributed by atoms with E-state index in [-0.39, 0.29) is 0 Å². The molecular weight excluding hydrogens is 460 g/mol. The van der Waals surface area contributed by atoms with Gasteiger partial charge in [-0.25, -0.2) is 4.52 Å². The molecule has 4 heterocycles. The smallest absolute Gasteiger partial charge is 0.160 e. The van der Waals surface area contributed by atoms with Crippen molar-refractivity contribution in [1.29, 1.82) is 0 Å². The van der Waals surface area contributed by atoms with E-state index in [0.717, 1.165) is 41.2 Å². The molecule has 6 nitrogen and oxygen atoms in total. The van der Waals surface area contributed by atoms with Gasteiger partial charge in [0.1, 0.15) is 0 Å². The molecule has 0 spiro atoms. The number of aryl methyl sites for hydroxylation is 5. The van der Waals surface area contributed by atoms with Gasteiger partial charge in [-0.2, -0.15) is 5.10 Å². The van der Waals surface area contributed by atoms with Crippen molar-refractivity contribution in [2.24, 2.45) is 0 Å². The maximum atomic E-state index is 5.51. The van der Waals surface area contributed by atoms with Crippen LogP contribution in [0.5, 0.6) is 11.5 Å². The Balaban J connectivity index is 1.45. The molecule has 0 aliphatic heterocycles. The summed E-state index contributed by atoms with van der Waals surface area (Å²) in [6, 6.07) is 16.9. The van der Waals surface area contributed by atoms with Crippen LogP contribution < -0.4 is 9.47 Å². The van der Waals surface area contributed by atoms with Crippen LogP contribution in [0.4, 0.5) is 0 Å². The first kappa shape index (κ1) is 23.2. The Labute approximate surface area is 216 Å². The van der Waals surface area contributed by atoms with Crippen LogP contribution in [0.25, 0.3) is 38.3 Å². The predicted octanol–water partition coefficient (Wildman–Crippen LogP) is 6.93. The Bertz CT molecular complexity index is 1800. The van der Waals surface area contributed by atoms with E-state index in [1.807, 2.05) is 6.07 Å². The van der Waals surface area contributed by atoms with E-state index in [1.54, 1.807) is 14.2 Å². The second kappa shape index (κ2) is 8.73. The molecule has 0 fully saturated rings. The summed E-state index contributed by atoms with van der Waals surface area (Å²) >= 11 is 0. The van der Waals surface area contributed by atoms with Crippen molar-refractivity contribution in [2.45, 2.75) is 40.7 Å². The third-order valence-electron chi connectivity index (χ3n) is 7.71. The molecule has 6 rings (SSSR count). The predicted molar refractivity (Wildman–Crippen MR) is 150 cm³/mol. The summed E-state index contributed by atoms with van der Waals surface area (Å²) in [5.41, 5.74) is 10.7. The monoisotopic (exact) mass is 492 g/mol. The minimum absolute atomic E-state index is 0.754. The number of para-hydroxylation sites is 1. The molecular formula is C31H32N4O2. The molecule has 2 aromatic carbocycles. The van der Waals surface area contributed by atoms with Gasteiger partial charge >= 0.3 is 0 Å². The fourth-order valence-corrected chi connectivity index (χ4v) is 5.97. The molecule has 4 aromatic heterocycles. The minimum atomic E-state index is 0.754. The molecule has 37 heavy (non-hydrogen) atoms. The van der Waals surface area contributed by atoms with Crippen LogP contribution in [0, 0.1) is 27.7 Å². The molecule has 0 saturated heterocycles. The molecule has 0 radical (unpaired) electrons. The van der Waals surface area contributed by atoms with Crippen LogP contribution in [0.15, 0.2) is 54.7 Å². The first-order valence-corrected chi connectivity index (χ1v) is 12.7. The van der Waals surface area contributed by atoms with Gasteiger partial charge in [-0.05, 0) is 63.9 Å². The number of ether oxygens (including phenoxy) is 2. The highest BCUT2D eigenvalue weighted by Crippen LogP contribution is 2.37. The van der Waals surface area contributed by atoms with Gasteiger partial charge in [-0.15, -0.1) is 0 Å². The third kappa shape index (κ3) is 3.58. The molecule has 6 heteroatoms. The maximum absolute atomic E-state index is 5.51. The Kier molecular flexibility index (Phi) is 5.48. The van der Waals surface area contributed by atoms with Crippen LogP contribution in [-0.4, -0.2) is 33.4 Å². The summed E-state index contributed by atoms with van der Waals surface area (Å²) in [6.07, 6.45) is 3.06. The van der Waals surface area contributed by atoms with E-state index < -0.39 is 0 Å². The van der Waals surface area contributed by atoms with Gasteiger partial charge in [0.05, 0.1) is 25.4 Å². The SMILES string of the molecule is COc1ccc(CCn2c(C)c3c(C)nn4cc(-c5c(C)[nH]c6ccccc56)cc4c3c2C)cc1OC. The minimum Gasteiger partial charge on any atom is -0.493 e. The number of methoxy groups -OCH3 is 2. The van der Waals surface area contributed by atoms with E-state index in [2.05, 4.69) is 90.4 Å². The van der Waals surface area contributed by atoms with E-state index in [0.29, 0.717) is 0 Å². The maximum Gasteiger partial charge on any atom is 0.160 e. The molecule has 188 valence electrons. The molecule has 0 saturated carbocycles. The highest BCUT2D eigenvalue weighted by molar-refractivity contribution is 6.04. The number of hydrogen-bond acceptors (Lipinski definition) is 3. The second-order valence-corrected chi connectivity index (χ2v) is 9.83. The Morgan fingerprint density at radius 2 is 1.62 bits per heavy atom. The van der Waals surface area contributed by atoms with Crippen molar-refractivity contribution < 1.29 is 9.47 Å². The van der Waals surface area contributed by atoms with E-state index >= 15 is 0 Å². The van der Waals surface area contributed by atoms with Crippen molar-refractivity contribution in [1.82, 2.24) is 19.2 Å². The number of nitrogens with one attached hydrogen (secondary N) is 1. The lowest BCUT2D eigenvalue weighted by Crippen LogP contribution is -2.05. The van der Waals surface area contributed by atoms with Crippen LogP contribution in [0.3, 0.4) is 0 Å². The van der Waals surface area contributed by atoms with Gasteiger partial charge in [0, 0.05) is 62.6 Å². The van der Waals surface area contributed by atoms with Gasteiger partial charge in [0.25, 0.3) is 0 Å². The van der Waals surface area contributed by atoms with Crippen LogP contribution >= 0.6 is 0 Å². The lowest BCUT2D eigenvalue weighted by atomic mass is 10.0. The van der Waals surface area contributed by atoms with Gasteiger partial charge < -0.3 is 19.0 Å². The van der Waals surface area contributed by atoms with Crippen molar-refractivity contribution in [2.75, 3.05) is 14.2 Å². The lowest BCUT2D eigenvalue weighted by Gasteiger charge is -2.12. The number of fused-ring (bicyclic) bond motifs is 4. The van der Waals surface area contributed by atoms with Crippen LogP contribution in [-0.2, 0) is 13.0 Å². The van der Waals surface area contributed by atoms with Crippen LogP contribution in [0.1, 0.15) is 28.3 Å². The van der Waals surface area contributed by atoms with Crippen molar-refractivity contribution >= 4 is 27.2 Å². The van der Waals surface area contributed by atoms with Crippen molar-refractivity contribution in [3.8, 4) is 22.6 Å². The summed E-state index contributed by atoms with van der Waals surface area (Å²) in [6.45, 7) is 9.58.